The molecule has 2 amide bonds. The van der Waals surface area contributed by atoms with E-state index in [1.807, 2.05) is 25.1 Å². The van der Waals surface area contributed by atoms with Crippen LogP contribution < -0.4 is 10.6 Å². The highest BCUT2D eigenvalue weighted by Crippen LogP contribution is 2.28. The minimum Gasteiger partial charge on any atom is -0.336 e. The molecule has 0 saturated heterocycles. The Hall–Kier alpha value is -2.42. The monoisotopic (exact) mass is 441 g/mol. The zero-order valence-corrected chi connectivity index (χ0v) is 19.1. The van der Waals surface area contributed by atoms with Gasteiger partial charge in [-0.3, -0.25) is 4.90 Å². The van der Waals surface area contributed by atoms with E-state index in [-0.39, 0.29) is 12.1 Å². The van der Waals surface area contributed by atoms with Crippen LogP contribution in [0.2, 0.25) is 0 Å². The van der Waals surface area contributed by atoms with Crippen LogP contribution in [0.15, 0.2) is 63.5 Å². The molecule has 0 radical (unpaired) electrons. The molecule has 0 saturated carbocycles. The summed E-state index contributed by atoms with van der Waals surface area (Å²) < 4.78 is 0. The van der Waals surface area contributed by atoms with Gasteiger partial charge in [-0.2, -0.15) is 11.3 Å². The summed E-state index contributed by atoms with van der Waals surface area (Å²) in [6, 6.07) is 9.81. The Morgan fingerprint density at radius 1 is 1.20 bits per heavy atom. The molecular formula is C22H27N5OS2. The second kappa shape index (κ2) is 11.1. The fourth-order valence-electron chi connectivity index (χ4n) is 3.23. The Labute approximate surface area is 186 Å². The van der Waals surface area contributed by atoms with Crippen LogP contribution in [0.5, 0.6) is 0 Å². The molecule has 0 aliphatic heterocycles. The zero-order chi connectivity index (χ0) is 21.3. The highest BCUT2D eigenvalue weighted by Gasteiger charge is 2.19. The van der Waals surface area contributed by atoms with E-state index in [4.69, 9.17) is 0 Å². The number of likely N-dealkylation sites (N-methyl/N-ethyl adjacent to an activating group) is 1. The molecule has 8 heteroatoms. The van der Waals surface area contributed by atoms with Gasteiger partial charge in [-0.1, -0.05) is 13.8 Å². The van der Waals surface area contributed by atoms with Gasteiger partial charge >= 0.3 is 6.03 Å². The largest absolute Gasteiger partial charge is 0.336 e. The third-order valence-electron chi connectivity index (χ3n) is 4.83. The van der Waals surface area contributed by atoms with E-state index in [0.29, 0.717) is 11.7 Å². The Bertz CT molecular complexity index is 930. The minimum absolute atomic E-state index is 0.169. The van der Waals surface area contributed by atoms with Crippen molar-refractivity contribution in [2.75, 3.05) is 25.0 Å². The number of nitrogens with one attached hydrogen (secondary N) is 2. The van der Waals surface area contributed by atoms with Crippen molar-refractivity contribution in [2.24, 2.45) is 0 Å². The van der Waals surface area contributed by atoms with Crippen LogP contribution in [-0.2, 0) is 0 Å². The average molecular weight is 442 g/mol. The summed E-state index contributed by atoms with van der Waals surface area (Å²) in [4.78, 5) is 24.4. The molecule has 158 valence electrons. The first-order chi connectivity index (χ1) is 14.6. The molecule has 2 N–H and O–H groups in total. The number of carbonyl (C=O) groups excluding carboxylic acids is 1. The van der Waals surface area contributed by atoms with Crippen LogP contribution in [-0.4, -0.2) is 40.5 Å². The standard InChI is InChI=1S/C22H27N5OS2/c1-4-27(5-2)20(17-9-12-29-15-17)14-25-21(28)26-19-8-7-18(13-16(19)3)30-22-23-10-6-11-24-22/h6-13,15,20H,4-5,14H2,1-3H3,(H2,25,26,28). The number of amides is 2. The SMILES string of the molecule is CCN(CC)C(CNC(=O)Nc1ccc(Sc2ncccn2)cc1C)c1ccsc1. The lowest BCUT2D eigenvalue weighted by Gasteiger charge is -2.29. The summed E-state index contributed by atoms with van der Waals surface area (Å²) in [5.41, 5.74) is 3.02. The first kappa shape index (κ1) is 22.3. The van der Waals surface area contributed by atoms with Gasteiger partial charge < -0.3 is 10.6 Å². The molecule has 1 aromatic carbocycles. The van der Waals surface area contributed by atoms with Gasteiger partial charge in [-0.05, 0) is 84.0 Å². The summed E-state index contributed by atoms with van der Waals surface area (Å²) in [6.45, 7) is 8.70. The second-order valence-electron chi connectivity index (χ2n) is 6.74. The molecule has 0 aliphatic rings. The van der Waals surface area contributed by atoms with Crippen LogP contribution in [0, 0.1) is 6.92 Å². The lowest BCUT2D eigenvalue weighted by Crippen LogP contribution is -2.39. The predicted molar refractivity (Wildman–Crippen MR) is 124 cm³/mol. The summed E-state index contributed by atoms with van der Waals surface area (Å²) in [6.07, 6.45) is 3.45. The van der Waals surface area contributed by atoms with Gasteiger partial charge in [0.2, 0.25) is 0 Å². The summed E-state index contributed by atoms with van der Waals surface area (Å²) >= 11 is 3.18. The number of hydrogen-bond acceptors (Lipinski definition) is 6. The molecular weight excluding hydrogens is 414 g/mol. The number of carbonyl (C=O) groups is 1. The van der Waals surface area contributed by atoms with E-state index in [2.05, 4.69) is 56.2 Å². The van der Waals surface area contributed by atoms with E-state index in [1.165, 1.54) is 17.3 Å². The number of hydrogen-bond donors (Lipinski definition) is 2. The molecule has 6 nitrogen and oxygen atoms in total. The van der Waals surface area contributed by atoms with Crippen molar-refractivity contribution in [3.8, 4) is 0 Å². The summed E-state index contributed by atoms with van der Waals surface area (Å²) in [5, 5.41) is 10.9. The van der Waals surface area contributed by atoms with Crippen molar-refractivity contribution in [1.82, 2.24) is 20.2 Å². The normalized spacial score (nSPS) is 12.0. The molecule has 3 rings (SSSR count). The molecule has 2 heterocycles. The maximum atomic E-state index is 12.6. The van der Waals surface area contributed by atoms with Gasteiger partial charge in [-0.15, -0.1) is 0 Å². The maximum Gasteiger partial charge on any atom is 0.319 e. The van der Waals surface area contributed by atoms with Crippen LogP contribution in [0.25, 0.3) is 0 Å². The fraction of sp³-hybridized carbons (Fsp3) is 0.318. The Balaban J connectivity index is 1.60. The van der Waals surface area contributed by atoms with Gasteiger partial charge in [-0.25, -0.2) is 14.8 Å². The quantitative estimate of drug-likeness (QED) is 0.447. The average Bonchev–Trinajstić information content (AvgIpc) is 3.28. The van der Waals surface area contributed by atoms with Crippen molar-refractivity contribution in [3.05, 3.63) is 64.6 Å². The maximum absolute atomic E-state index is 12.6. The number of anilines is 1. The molecule has 0 aliphatic carbocycles. The van der Waals surface area contributed by atoms with Gasteiger partial charge in [0.05, 0.1) is 6.04 Å². The number of aryl methyl sites for hydroxylation is 1. The Morgan fingerprint density at radius 2 is 1.97 bits per heavy atom. The van der Waals surface area contributed by atoms with Gasteiger partial charge in [0.15, 0.2) is 5.16 Å². The molecule has 0 bridgehead atoms. The molecule has 1 atom stereocenters. The molecule has 0 spiro atoms. The van der Waals surface area contributed by atoms with Crippen molar-refractivity contribution in [3.63, 3.8) is 0 Å². The highest BCUT2D eigenvalue weighted by molar-refractivity contribution is 7.99. The number of thiophene rings is 1. The van der Waals surface area contributed by atoms with E-state index >= 15 is 0 Å². The van der Waals surface area contributed by atoms with Gasteiger partial charge in [0, 0.05) is 29.5 Å². The molecule has 1 unspecified atom stereocenters. The van der Waals surface area contributed by atoms with E-state index < -0.39 is 0 Å². The number of benzene rings is 1. The number of urea groups is 1. The van der Waals surface area contributed by atoms with Crippen LogP contribution in [0.3, 0.4) is 0 Å². The number of aromatic nitrogens is 2. The third kappa shape index (κ3) is 6.04. The molecule has 2 aromatic heterocycles. The second-order valence-corrected chi connectivity index (χ2v) is 8.56. The smallest absolute Gasteiger partial charge is 0.319 e. The zero-order valence-electron chi connectivity index (χ0n) is 17.5. The van der Waals surface area contributed by atoms with E-state index in [0.717, 1.165) is 29.2 Å². The number of nitrogens with zero attached hydrogens (tertiary/aromatic N) is 3. The van der Waals surface area contributed by atoms with Crippen molar-refractivity contribution in [1.29, 1.82) is 0 Å². The summed E-state index contributed by atoms with van der Waals surface area (Å²) in [5.74, 6) is 0. The Kier molecular flexibility index (Phi) is 8.24. The van der Waals surface area contributed by atoms with Crippen LogP contribution in [0.1, 0.15) is 31.0 Å². The predicted octanol–water partition coefficient (Wildman–Crippen LogP) is 5.20. The first-order valence-corrected chi connectivity index (χ1v) is 11.7. The lowest BCUT2D eigenvalue weighted by molar-refractivity contribution is 0.210. The fourth-order valence-corrected chi connectivity index (χ4v) is 4.74. The molecule has 0 fully saturated rings. The topological polar surface area (TPSA) is 70.2 Å². The van der Waals surface area contributed by atoms with Crippen LogP contribution in [0.4, 0.5) is 10.5 Å². The lowest BCUT2D eigenvalue weighted by atomic mass is 10.1. The van der Waals surface area contributed by atoms with Gasteiger partial charge in [0.1, 0.15) is 0 Å². The van der Waals surface area contributed by atoms with Crippen molar-refractivity contribution in [2.45, 2.75) is 36.9 Å². The number of rotatable bonds is 9. The molecule has 30 heavy (non-hydrogen) atoms. The third-order valence-corrected chi connectivity index (χ3v) is 6.42. The van der Waals surface area contributed by atoms with E-state index in [9.17, 15) is 4.79 Å². The Morgan fingerprint density at radius 3 is 2.60 bits per heavy atom. The molecule has 3 aromatic rings. The van der Waals surface area contributed by atoms with Crippen LogP contribution >= 0.6 is 23.1 Å². The van der Waals surface area contributed by atoms with Crippen molar-refractivity contribution < 1.29 is 4.79 Å². The first-order valence-electron chi connectivity index (χ1n) is 9.97. The minimum atomic E-state index is -0.197. The van der Waals surface area contributed by atoms with Gasteiger partial charge in [0.25, 0.3) is 0 Å². The van der Waals surface area contributed by atoms with E-state index in [1.54, 1.807) is 29.8 Å². The highest BCUT2D eigenvalue weighted by atomic mass is 32.2. The van der Waals surface area contributed by atoms with Crippen molar-refractivity contribution >= 4 is 34.8 Å². The summed E-state index contributed by atoms with van der Waals surface area (Å²) in [7, 11) is 0.